The van der Waals surface area contributed by atoms with E-state index >= 15 is 0 Å². The Balaban J connectivity index is 1.71. The number of piperazine rings is 1. The van der Waals surface area contributed by atoms with Crippen molar-refractivity contribution in [2.24, 2.45) is 4.99 Å². The Bertz CT molecular complexity index is 514. The Hall–Kier alpha value is -1.24. The Labute approximate surface area is 163 Å². The van der Waals surface area contributed by atoms with Gasteiger partial charge in [-0.05, 0) is 32.5 Å². The summed E-state index contributed by atoms with van der Waals surface area (Å²) in [5.74, 6) is 1.96. The second-order valence-corrected chi connectivity index (χ2v) is 7.80. The zero-order valence-corrected chi connectivity index (χ0v) is 17.4. The number of benzene rings is 1. The number of nitrogens with one attached hydrogen (secondary N) is 2. The van der Waals surface area contributed by atoms with Crippen molar-refractivity contribution in [1.82, 2.24) is 20.4 Å². The minimum absolute atomic E-state index is 0.489. The third-order valence-corrected chi connectivity index (χ3v) is 5.76. The zero-order chi connectivity index (χ0) is 18.6. The monoisotopic (exact) mass is 377 g/mol. The predicted octanol–water partition coefficient (Wildman–Crippen LogP) is 2.36. The number of thioether (sulfide) groups is 1. The van der Waals surface area contributed by atoms with Crippen molar-refractivity contribution in [3.63, 3.8) is 0 Å². The molecule has 1 aromatic rings. The molecule has 1 unspecified atom stereocenters. The lowest BCUT2D eigenvalue weighted by molar-refractivity contribution is 0.109. The van der Waals surface area contributed by atoms with Gasteiger partial charge in [0.25, 0.3) is 0 Å². The minimum Gasteiger partial charge on any atom is -0.357 e. The van der Waals surface area contributed by atoms with Crippen molar-refractivity contribution in [3.8, 4) is 0 Å². The van der Waals surface area contributed by atoms with Gasteiger partial charge < -0.3 is 15.5 Å². The average Bonchev–Trinajstić information content (AvgIpc) is 2.70. The Morgan fingerprint density at radius 3 is 2.50 bits per heavy atom. The maximum atomic E-state index is 4.80. The van der Waals surface area contributed by atoms with Gasteiger partial charge in [-0.3, -0.25) is 9.89 Å². The Morgan fingerprint density at radius 2 is 1.85 bits per heavy atom. The molecule has 1 aromatic carbocycles. The molecule has 0 aromatic heterocycles. The molecule has 5 nitrogen and oxygen atoms in total. The molecule has 2 N–H and O–H groups in total. The number of aliphatic imine (C=N–C) groups is 1. The van der Waals surface area contributed by atoms with Crippen LogP contribution in [0.1, 0.15) is 20.8 Å². The summed E-state index contributed by atoms with van der Waals surface area (Å²) in [6, 6.07) is 11.0. The number of hydrogen-bond donors (Lipinski definition) is 2. The van der Waals surface area contributed by atoms with Crippen LogP contribution in [0, 0.1) is 0 Å². The topological polar surface area (TPSA) is 42.9 Å². The second kappa shape index (κ2) is 12.2. The molecule has 1 fully saturated rings. The van der Waals surface area contributed by atoms with Crippen LogP contribution in [0.5, 0.6) is 0 Å². The van der Waals surface area contributed by atoms with E-state index in [0.717, 1.165) is 51.0 Å². The fraction of sp³-hybridized carbons (Fsp3) is 0.650. The van der Waals surface area contributed by atoms with Gasteiger partial charge in [-0.15, -0.1) is 11.8 Å². The maximum Gasteiger partial charge on any atom is 0.191 e. The van der Waals surface area contributed by atoms with E-state index in [9.17, 15) is 0 Å². The average molecular weight is 378 g/mol. The highest BCUT2D eigenvalue weighted by Crippen LogP contribution is 2.15. The van der Waals surface area contributed by atoms with Crippen LogP contribution in [0.4, 0.5) is 0 Å². The first-order chi connectivity index (χ1) is 12.7. The summed E-state index contributed by atoms with van der Waals surface area (Å²) in [6.07, 6.45) is 0. The summed E-state index contributed by atoms with van der Waals surface area (Å²) in [7, 11) is 0. The van der Waals surface area contributed by atoms with Crippen LogP contribution in [0.25, 0.3) is 0 Å². The van der Waals surface area contributed by atoms with Crippen molar-refractivity contribution in [1.29, 1.82) is 0 Å². The van der Waals surface area contributed by atoms with E-state index in [1.54, 1.807) is 0 Å². The van der Waals surface area contributed by atoms with E-state index in [1.807, 2.05) is 11.8 Å². The Morgan fingerprint density at radius 1 is 1.12 bits per heavy atom. The number of likely N-dealkylation sites (N-methyl/N-ethyl adjacent to an activating group) is 1. The fourth-order valence-electron chi connectivity index (χ4n) is 3.06. The smallest absolute Gasteiger partial charge is 0.191 e. The first-order valence-corrected chi connectivity index (χ1v) is 10.9. The molecule has 1 aliphatic heterocycles. The lowest BCUT2D eigenvalue weighted by Crippen LogP contribution is -2.50. The summed E-state index contributed by atoms with van der Waals surface area (Å²) in [5, 5.41) is 6.82. The lowest BCUT2D eigenvalue weighted by atomic mass is 10.2. The standard InChI is InChI=1S/C20H35N5S/c1-4-21-20(22-11-16-26-19-9-7-6-8-10-19)23-17-18(3)25-14-12-24(5-2)13-15-25/h6-10,18H,4-5,11-17H2,1-3H3,(H2,21,22,23). The van der Waals surface area contributed by atoms with E-state index in [2.05, 4.69) is 71.5 Å². The largest absolute Gasteiger partial charge is 0.357 e. The number of guanidine groups is 1. The normalized spacial score (nSPS) is 17.9. The number of rotatable bonds is 9. The van der Waals surface area contributed by atoms with Crippen LogP contribution in [0.3, 0.4) is 0 Å². The molecule has 26 heavy (non-hydrogen) atoms. The molecule has 2 rings (SSSR count). The second-order valence-electron chi connectivity index (χ2n) is 6.63. The molecule has 0 aliphatic carbocycles. The molecule has 0 spiro atoms. The molecule has 1 atom stereocenters. The molecule has 1 saturated heterocycles. The van der Waals surface area contributed by atoms with Crippen molar-refractivity contribution in [3.05, 3.63) is 30.3 Å². The fourth-order valence-corrected chi connectivity index (χ4v) is 3.85. The molecule has 0 bridgehead atoms. The zero-order valence-electron chi connectivity index (χ0n) is 16.6. The maximum absolute atomic E-state index is 4.80. The van der Waals surface area contributed by atoms with Gasteiger partial charge in [0.1, 0.15) is 0 Å². The molecule has 6 heteroatoms. The van der Waals surface area contributed by atoms with Gasteiger partial charge in [-0.2, -0.15) is 0 Å². The SMILES string of the molecule is CCNC(=NCC(C)N1CCN(CC)CC1)NCCSc1ccccc1. The highest BCUT2D eigenvalue weighted by atomic mass is 32.2. The molecule has 0 saturated carbocycles. The van der Waals surface area contributed by atoms with Crippen molar-refractivity contribution in [2.45, 2.75) is 31.7 Å². The van der Waals surface area contributed by atoms with Gasteiger partial charge in [-0.1, -0.05) is 25.1 Å². The molecule has 0 radical (unpaired) electrons. The molecular formula is C20H35N5S. The summed E-state index contributed by atoms with van der Waals surface area (Å²) < 4.78 is 0. The number of nitrogens with zero attached hydrogens (tertiary/aromatic N) is 3. The van der Waals surface area contributed by atoms with Crippen LogP contribution < -0.4 is 10.6 Å². The van der Waals surface area contributed by atoms with Gasteiger partial charge in [0.15, 0.2) is 5.96 Å². The van der Waals surface area contributed by atoms with Gasteiger partial charge in [0.05, 0.1) is 6.54 Å². The summed E-state index contributed by atoms with van der Waals surface area (Å²) in [5.41, 5.74) is 0. The molecule has 1 aliphatic rings. The van der Waals surface area contributed by atoms with Crippen LogP contribution in [-0.2, 0) is 0 Å². The lowest BCUT2D eigenvalue weighted by Gasteiger charge is -2.37. The van der Waals surface area contributed by atoms with Crippen molar-refractivity contribution >= 4 is 17.7 Å². The third kappa shape index (κ3) is 7.56. The van der Waals surface area contributed by atoms with Crippen molar-refractivity contribution < 1.29 is 0 Å². The number of hydrogen-bond acceptors (Lipinski definition) is 4. The van der Waals surface area contributed by atoms with Gasteiger partial charge in [0, 0.05) is 56.0 Å². The molecule has 0 amide bonds. The predicted molar refractivity (Wildman–Crippen MR) is 114 cm³/mol. The van der Waals surface area contributed by atoms with Gasteiger partial charge in [0.2, 0.25) is 0 Å². The minimum atomic E-state index is 0.489. The quantitative estimate of drug-likeness (QED) is 0.299. The van der Waals surface area contributed by atoms with Gasteiger partial charge >= 0.3 is 0 Å². The summed E-state index contributed by atoms with van der Waals surface area (Å²) >= 11 is 1.87. The van der Waals surface area contributed by atoms with Crippen molar-refractivity contribution in [2.75, 3.05) is 58.1 Å². The summed E-state index contributed by atoms with van der Waals surface area (Å²) in [6.45, 7) is 15.1. The van der Waals surface area contributed by atoms with Crippen LogP contribution in [0.2, 0.25) is 0 Å². The van der Waals surface area contributed by atoms with E-state index in [1.165, 1.54) is 18.0 Å². The highest BCUT2D eigenvalue weighted by molar-refractivity contribution is 7.99. The van der Waals surface area contributed by atoms with E-state index < -0.39 is 0 Å². The van der Waals surface area contributed by atoms with Gasteiger partial charge in [-0.25, -0.2) is 0 Å². The molecular weight excluding hydrogens is 342 g/mol. The highest BCUT2D eigenvalue weighted by Gasteiger charge is 2.19. The summed E-state index contributed by atoms with van der Waals surface area (Å²) in [4.78, 5) is 11.2. The van der Waals surface area contributed by atoms with Crippen LogP contribution >= 0.6 is 11.8 Å². The van der Waals surface area contributed by atoms with E-state index in [0.29, 0.717) is 6.04 Å². The van der Waals surface area contributed by atoms with Crippen LogP contribution in [0.15, 0.2) is 40.2 Å². The first-order valence-electron chi connectivity index (χ1n) is 9.89. The van der Waals surface area contributed by atoms with E-state index in [-0.39, 0.29) is 0 Å². The van der Waals surface area contributed by atoms with E-state index in [4.69, 9.17) is 4.99 Å². The Kier molecular flexibility index (Phi) is 9.89. The molecule has 1 heterocycles. The third-order valence-electron chi connectivity index (χ3n) is 4.74. The first kappa shape index (κ1) is 21.1. The van der Waals surface area contributed by atoms with Crippen LogP contribution in [-0.4, -0.2) is 79.9 Å². The molecule has 146 valence electrons.